The number of carboxylic acids is 1. The van der Waals surface area contributed by atoms with Gasteiger partial charge in [0.15, 0.2) is 0 Å². The molecule has 0 saturated heterocycles. The number of hydrogen-bond acceptors (Lipinski definition) is 3. The van der Waals surface area contributed by atoms with Crippen LogP contribution in [0.1, 0.15) is 21.7 Å². The normalized spacial score (nSPS) is 12.0. The zero-order chi connectivity index (χ0) is 17.1. The minimum Gasteiger partial charge on any atom is -0.480 e. The summed E-state index contributed by atoms with van der Waals surface area (Å²) in [5.41, 5.74) is 1.58. The number of aliphatic carboxylic acids is 1. The third kappa shape index (κ3) is 4.46. The standard InChI is InChI=1S/C15H15Cl2N3O3/c1-8-3-12(19-20(8)2)14(21)18-13(15(22)23)6-9-4-10(16)7-11(17)5-9/h3-5,7,13H,6H2,1-2H3,(H,18,21)(H,22,23). The number of rotatable bonds is 5. The summed E-state index contributed by atoms with van der Waals surface area (Å²) >= 11 is 11.8. The molecule has 0 spiro atoms. The second-order valence-electron chi connectivity index (χ2n) is 5.14. The van der Waals surface area contributed by atoms with Gasteiger partial charge in [-0.2, -0.15) is 5.10 Å². The third-order valence-corrected chi connectivity index (χ3v) is 3.75. The molecule has 0 radical (unpaired) electrons. The van der Waals surface area contributed by atoms with Crippen LogP contribution in [-0.4, -0.2) is 32.8 Å². The van der Waals surface area contributed by atoms with Gasteiger partial charge in [0.1, 0.15) is 11.7 Å². The van der Waals surface area contributed by atoms with Crippen LogP contribution < -0.4 is 5.32 Å². The summed E-state index contributed by atoms with van der Waals surface area (Å²) < 4.78 is 1.54. The zero-order valence-corrected chi connectivity index (χ0v) is 14.0. The monoisotopic (exact) mass is 355 g/mol. The fraction of sp³-hybridized carbons (Fsp3) is 0.267. The first-order valence-corrected chi connectivity index (χ1v) is 7.51. The SMILES string of the molecule is Cc1cc(C(=O)NC(Cc2cc(Cl)cc(Cl)c2)C(=O)O)nn1C. The molecule has 0 aliphatic heterocycles. The highest BCUT2D eigenvalue weighted by Crippen LogP contribution is 2.20. The lowest BCUT2D eigenvalue weighted by atomic mass is 10.1. The van der Waals surface area contributed by atoms with Crippen LogP contribution in [0.25, 0.3) is 0 Å². The van der Waals surface area contributed by atoms with Gasteiger partial charge < -0.3 is 10.4 Å². The maximum Gasteiger partial charge on any atom is 0.326 e. The summed E-state index contributed by atoms with van der Waals surface area (Å²) in [6.45, 7) is 1.80. The number of carboxylic acid groups (broad SMARTS) is 1. The average Bonchev–Trinajstić information content (AvgIpc) is 2.76. The minimum atomic E-state index is -1.15. The molecule has 1 heterocycles. The molecule has 2 aromatic rings. The van der Waals surface area contributed by atoms with Gasteiger partial charge in [-0.1, -0.05) is 23.2 Å². The molecule has 8 heteroatoms. The average molecular weight is 356 g/mol. The molecule has 1 amide bonds. The van der Waals surface area contributed by atoms with Crippen molar-refractivity contribution >= 4 is 35.1 Å². The largest absolute Gasteiger partial charge is 0.480 e. The van der Waals surface area contributed by atoms with Crippen LogP contribution >= 0.6 is 23.2 Å². The first-order chi connectivity index (χ1) is 10.8. The highest BCUT2D eigenvalue weighted by atomic mass is 35.5. The van der Waals surface area contributed by atoms with Gasteiger partial charge >= 0.3 is 5.97 Å². The number of nitrogens with one attached hydrogen (secondary N) is 1. The van der Waals surface area contributed by atoms with Crippen molar-refractivity contribution in [3.8, 4) is 0 Å². The van der Waals surface area contributed by atoms with Gasteiger partial charge in [0.05, 0.1) is 0 Å². The van der Waals surface area contributed by atoms with E-state index >= 15 is 0 Å². The molecule has 1 aromatic carbocycles. The van der Waals surface area contributed by atoms with E-state index in [-0.39, 0.29) is 12.1 Å². The maximum absolute atomic E-state index is 12.1. The topological polar surface area (TPSA) is 84.2 Å². The number of carbonyl (C=O) groups is 2. The summed E-state index contributed by atoms with van der Waals surface area (Å²) in [5.74, 6) is -1.70. The zero-order valence-electron chi connectivity index (χ0n) is 12.5. The van der Waals surface area contributed by atoms with Crippen LogP contribution in [0.3, 0.4) is 0 Å². The summed E-state index contributed by atoms with van der Waals surface area (Å²) in [6, 6.07) is 5.25. The quantitative estimate of drug-likeness (QED) is 0.862. The van der Waals surface area contributed by atoms with E-state index in [9.17, 15) is 14.7 Å². The summed E-state index contributed by atoms with van der Waals surface area (Å²) in [4.78, 5) is 23.6. The number of amides is 1. The fourth-order valence-electron chi connectivity index (χ4n) is 2.07. The van der Waals surface area contributed by atoms with Crippen molar-refractivity contribution in [2.45, 2.75) is 19.4 Å². The first-order valence-electron chi connectivity index (χ1n) is 6.75. The van der Waals surface area contributed by atoms with Crippen molar-refractivity contribution in [2.75, 3.05) is 0 Å². The Hall–Kier alpha value is -2.05. The van der Waals surface area contributed by atoms with E-state index in [0.717, 1.165) is 5.69 Å². The summed E-state index contributed by atoms with van der Waals surface area (Å²) in [5, 5.41) is 16.6. The molecular weight excluding hydrogens is 341 g/mol. The van der Waals surface area contributed by atoms with Gasteiger partial charge in [0, 0.05) is 29.2 Å². The van der Waals surface area contributed by atoms with Crippen molar-refractivity contribution in [2.24, 2.45) is 7.05 Å². The first kappa shape index (κ1) is 17.3. The van der Waals surface area contributed by atoms with E-state index in [1.54, 1.807) is 42.9 Å². The highest BCUT2D eigenvalue weighted by molar-refractivity contribution is 6.34. The summed E-state index contributed by atoms with van der Waals surface area (Å²) in [7, 11) is 1.70. The number of carbonyl (C=O) groups excluding carboxylic acids is 1. The smallest absolute Gasteiger partial charge is 0.326 e. The van der Waals surface area contributed by atoms with E-state index in [2.05, 4.69) is 10.4 Å². The van der Waals surface area contributed by atoms with Crippen LogP contribution in [0.15, 0.2) is 24.3 Å². The molecule has 0 aliphatic rings. The van der Waals surface area contributed by atoms with Crippen LogP contribution in [0.5, 0.6) is 0 Å². The Balaban J connectivity index is 2.15. The van der Waals surface area contributed by atoms with Crippen LogP contribution in [0.2, 0.25) is 10.0 Å². The molecule has 1 aromatic heterocycles. The van der Waals surface area contributed by atoms with Crippen LogP contribution in [-0.2, 0) is 18.3 Å². The van der Waals surface area contributed by atoms with Gasteiger partial charge in [0.25, 0.3) is 5.91 Å². The van der Waals surface area contributed by atoms with Gasteiger partial charge in [-0.25, -0.2) is 4.79 Å². The van der Waals surface area contributed by atoms with Gasteiger partial charge in [-0.05, 0) is 36.8 Å². The Bertz CT molecular complexity index is 719. The van der Waals surface area contributed by atoms with E-state index in [4.69, 9.17) is 23.2 Å². The van der Waals surface area contributed by atoms with Crippen molar-refractivity contribution < 1.29 is 14.7 Å². The molecular formula is C15H15Cl2N3O3. The van der Waals surface area contributed by atoms with Crippen molar-refractivity contribution in [3.63, 3.8) is 0 Å². The number of halogens is 2. The van der Waals surface area contributed by atoms with Gasteiger partial charge in [0.2, 0.25) is 0 Å². The Morgan fingerprint density at radius 2 is 1.87 bits per heavy atom. The van der Waals surface area contributed by atoms with Crippen molar-refractivity contribution in [3.05, 3.63) is 51.3 Å². The van der Waals surface area contributed by atoms with E-state index < -0.39 is 17.9 Å². The fourth-order valence-corrected chi connectivity index (χ4v) is 2.64. The molecule has 6 nitrogen and oxygen atoms in total. The number of aromatic nitrogens is 2. The molecule has 0 bridgehead atoms. The Morgan fingerprint density at radius 3 is 2.35 bits per heavy atom. The van der Waals surface area contributed by atoms with E-state index in [0.29, 0.717) is 15.6 Å². The molecule has 0 fully saturated rings. The predicted octanol–water partition coefficient (Wildman–Crippen LogP) is 2.46. The minimum absolute atomic E-state index is 0.0627. The second kappa shape index (κ2) is 7.02. The lowest BCUT2D eigenvalue weighted by Gasteiger charge is -2.14. The Kier molecular flexibility index (Phi) is 5.28. The van der Waals surface area contributed by atoms with Gasteiger partial charge in [-0.3, -0.25) is 9.48 Å². The number of aryl methyl sites for hydroxylation is 2. The van der Waals surface area contributed by atoms with Crippen LogP contribution in [0.4, 0.5) is 0 Å². The molecule has 23 heavy (non-hydrogen) atoms. The maximum atomic E-state index is 12.1. The summed E-state index contributed by atoms with van der Waals surface area (Å²) in [6.07, 6.45) is 0.0627. The molecule has 0 saturated carbocycles. The Labute approximate surface area is 143 Å². The number of benzene rings is 1. The molecule has 0 aliphatic carbocycles. The van der Waals surface area contributed by atoms with Crippen molar-refractivity contribution in [1.82, 2.24) is 15.1 Å². The van der Waals surface area contributed by atoms with Gasteiger partial charge in [-0.15, -0.1) is 0 Å². The van der Waals surface area contributed by atoms with E-state index in [1.165, 1.54) is 0 Å². The lowest BCUT2D eigenvalue weighted by molar-refractivity contribution is -0.139. The number of nitrogens with zero attached hydrogens (tertiary/aromatic N) is 2. The number of hydrogen-bond donors (Lipinski definition) is 2. The molecule has 2 N–H and O–H groups in total. The molecule has 122 valence electrons. The van der Waals surface area contributed by atoms with E-state index in [1.807, 2.05) is 0 Å². The molecule has 2 rings (SSSR count). The molecule has 1 unspecified atom stereocenters. The van der Waals surface area contributed by atoms with Crippen LogP contribution in [0, 0.1) is 6.92 Å². The molecule has 1 atom stereocenters. The van der Waals surface area contributed by atoms with Crippen molar-refractivity contribution in [1.29, 1.82) is 0 Å². The second-order valence-corrected chi connectivity index (χ2v) is 6.01. The lowest BCUT2D eigenvalue weighted by Crippen LogP contribution is -2.42. The third-order valence-electron chi connectivity index (χ3n) is 3.31. The Morgan fingerprint density at radius 1 is 1.26 bits per heavy atom. The predicted molar refractivity (Wildman–Crippen MR) is 87.0 cm³/mol. The highest BCUT2D eigenvalue weighted by Gasteiger charge is 2.23.